The summed E-state index contributed by atoms with van der Waals surface area (Å²) in [5, 5.41) is 3.01. The van der Waals surface area contributed by atoms with Crippen LogP contribution < -0.4 is 10.1 Å². The first-order chi connectivity index (χ1) is 11.3. The molecule has 0 aliphatic carbocycles. The molecule has 2 aromatic rings. The molecule has 0 saturated carbocycles. The van der Waals surface area contributed by atoms with E-state index in [1.54, 1.807) is 19.4 Å². The molecule has 120 valence electrons. The number of nitrogens with zero attached hydrogens (tertiary/aromatic N) is 1. The number of hydrogen-bond donors (Lipinski definition) is 1. The maximum Gasteiger partial charge on any atom is 0.270 e. The number of carbonyl (C=O) groups is 1. The molecule has 0 radical (unpaired) electrons. The Morgan fingerprint density at radius 3 is 2.74 bits per heavy atom. The highest BCUT2D eigenvalue weighted by Crippen LogP contribution is 2.23. The van der Waals surface area contributed by atoms with E-state index in [0.29, 0.717) is 18.9 Å². The summed E-state index contributed by atoms with van der Waals surface area (Å²) in [5.74, 6) is 0.665. The molecule has 1 aliphatic rings. The van der Waals surface area contributed by atoms with Crippen molar-refractivity contribution in [2.75, 3.05) is 20.3 Å². The van der Waals surface area contributed by atoms with Crippen molar-refractivity contribution in [3.8, 4) is 16.9 Å². The van der Waals surface area contributed by atoms with Crippen molar-refractivity contribution < 1.29 is 14.3 Å². The lowest BCUT2D eigenvalue weighted by Crippen LogP contribution is -2.39. The molecule has 1 aromatic carbocycles. The molecule has 3 rings (SSSR count). The maximum absolute atomic E-state index is 12.2. The molecule has 0 bridgehead atoms. The number of rotatable bonds is 4. The molecule has 23 heavy (non-hydrogen) atoms. The average Bonchev–Trinajstić information content (AvgIpc) is 2.63. The fourth-order valence-electron chi connectivity index (χ4n) is 2.60. The largest absolute Gasteiger partial charge is 0.497 e. The van der Waals surface area contributed by atoms with Crippen LogP contribution in [-0.4, -0.2) is 37.3 Å². The molecule has 5 nitrogen and oxygen atoms in total. The van der Waals surface area contributed by atoms with Gasteiger partial charge in [0.25, 0.3) is 5.91 Å². The van der Waals surface area contributed by atoms with Crippen LogP contribution in [0.3, 0.4) is 0 Å². The van der Waals surface area contributed by atoms with Gasteiger partial charge in [0.15, 0.2) is 0 Å². The summed E-state index contributed by atoms with van der Waals surface area (Å²) in [6.07, 6.45) is 3.43. The second kappa shape index (κ2) is 7.24. The summed E-state index contributed by atoms with van der Waals surface area (Å²) >= 11 is 0. The zero-order valence-corrected chi connectivity index (χ0v) is 13.1. The highest BCUT2D eigenvalue weighted by Gasteiger charge is 2.17. The molecule has 1 N–H and O–H groups in total. The van der Waals surface area contributed by atoms with Gasteiger partial charge in [-0.25, -0.2) is 0 Å². The Balaban J connectivity index is 1.69. The van der Waals surface area contributed by atoms with Gasteiger partial charge >= 0.3 is 0 Å². The molecule has 0 unspecified atom stereocenters. The minimum Gasteiger partial charge on any atom is -0.497 e. The molecule has 1 aliphatic heterocycles. The first-order valence-electron chi connectivity index (χ1n) is 7.75. The number of pyridine rings is 1. The minimum absolute atomic E-state index is 0.130. The van der Waals surface area contributed by atoms with E-state index in [1.165, 1.54) is 0 Å². The van der Waals surface area contributed by atoms with Crippen LogP contribution in [0.1, 0.15) is 23.3 Å². The highest BCUT2D eigenvalue weighted by molar-refractivity contribution is 5.92. The number of ether oxygens (including phenoxy) is 2. The summed E-state index contributed by atoms with van der Waals surface area (Å²) in [5.41, 5.74) is 2.39. The van der Waals surface area contributed by atoms with Crippen molar-refractivity contribution in [2.45, 2.75) is 18.9 Å². The van der Waals surface area contributed by atoms with E-state index in [1.807, 2.05) is 30.3 Å². The van der Waals surface area contributed by atoms with Crippen LogP contribution in [0.15, 0.2) is 42.6 Å². The lowest BCUT2D eigenvalue weighted by molar-refractivity contribution is 0.0694. The zero-order chi connectivity index (χ0) is 16.1. The van der Waals surface area contributed by atoms with E-state index in [0.717, 1.165) is 29.7 Å². The monoisotopic (exact) mass is 312 g/mol. The number of hydrogen-bond acceptors (Lipinski definition) is 4. The minimum atomic E-state index is -0.130. The predicted molar refractivity (Wildman–Crippen MR) is 87.5 cm³/mol. The summed E-state index contributed by atoms with van der Waals surface area (Å²) < 4.78 is 10.5. The van der Waals surface area contributed by atoms with Crippen LogP contribution in [0, 0.1) is 0 Å². The SMILES string of the molecule is COc1cccc(-c2ccc(C(=O)NC3CCOCC3)nc2)c1. The second-order valence-electron chi connectivity index (χ2n) is 5.52. The van der Waals surface area contributed by atoms with E-state index in [-0.39, 0.29) is 11.9 Å². The number of nitrogens with one attached hydrogen (secondary N) is 1. The predicted octanol–water partition coefficient (Wildman–Crippen LogP) is 2.67. The van der Waals surface area contributed by atoms with Gasteiger partial charge in [0.05, 0.1) is 7.11 Å². The Bertz CT molecular complexity index is 664. The van der Waals surface area contributed by atoms with Gasteiger partial charge in [-0.2, -0.15) is 0 Å². The van der Waals surface area contributed by atoms with Gasteiger partial charge in [-0.1, -0.05) is 18.2 Å². The third-order valence-corrected chi connectivity index (χ3v) is 3.96. The smallest absolute Gasteiger partial charge is 0.270 e. The van der Waals surface area contributed by atoms with Gasteiger partial charge in [-0.3, -0.25) is 9.78 Å². The molecular weight excluding hydrogens is 292 g/mol. The fraction of sp³-hybridized carbons (Fsp3) is 0.333. The molecule has 2 heterocycles. The van der Waals surface area contributed by atoms with Gasteiger partial charge in [-0.05, 0) is 36.6 Å². The lowest BCUT2D eigenvalue weighted by Gasteiger charge is -2.22. The standard InChI is InChI=1S/C18H20N2O3/c1-22-16-4-2-3-13(11-16)14-5-6-17(19-12-14)18(21)20-15-7-9-23-10-8-15/h2-6,11-12,15H,7-10H2,1H3,(H,20,21). The Morgan fingerprint density at radius 2 is 2.04 bits per heavy atom. The Hall–Kier alpha value is -2.40. The Labute approximate surface area is 135 Å². The molecule has 1 saturated heterocycles. The van der Waals surface area contributed by atoms with Crippen LogP contribution in [-0.2, 0) is 4.74 Å². The summed E-state index contributed by atoms with van der Waals surface area (Å²) in [6.45, 7) is 1.40. The van der Waals surface area contributed by atoms with E-state index in [2.05, 4.69) is 10.3 Å². The summed E-state index contributed by atoms with van der Waals surface area (Å²) in [7, 11) is 1.64. The van der Waals surface area contributed by atoms with Crippen molar-refractivity contribution in [2.24, 2.45) is 0 Å². The van der Waals surface area contributed by atoms with Crippen molar-refractivity contribution >= 4 is 5.91 Å². The van der Waals surface area contributed by atoms with Gasteiger partial charge in [-0.15, -0.1) is 0 Å². The average molecular weight is 312 g/mol. The van der Waals surface area contributed by atoms with Crippen LogP contribution in [0.25, 0.3) is 11.1 Å². The first-order valence-corrected chi connectivity index (χ1v) is 7.75. The van der Waals surface area contributed by atoms with Crippen molar-refractivity contribution in [1.29, 1.82) is 0 Å². The molecule has 1 fully saturated rings. The molecule has 0 atom stereocenters. The number of methoxy groups -OCH3 is 1. The topological polar surface area (TPSA) is 60.5 Å². The molecule has 1 amide bonds. The molecule has 1 aromatic heterocycles. The summed E-state index contributed by atoms with van der Waals surface area (Å²) in [4.78, 5) is 16.5. The Morgan fingerprint density at radius 1 is 1.22 bits per heavy atom. The van der Waals surface area contributed by atoms with Crippen molar-refractivity contribution in [3.63, 3.8) is 0 Å². The van der Waals surface area contributed by atoms with Crippen LogP contribution in [0.5, 0.6) is 5.75 Å². The van der Waals surface area contributed by atoms with Gasteiger partial charge in [0.2, 0.25) is 0 Å². The quantitative estimate of drug-likeness (QED) is 0.943. The zero-order valence-electron chi connectivity index (χ0n) is 13.1. The molecule has 5 heteroatoms. The van der Waals surface area contributed by atoms with Gasteiger partial charge < -0.3 is 14.8 Å². The maximum atomic E-state index is 12.2. The van der Waals surface area contributed by atoms with Gasteiger partial charge in [0.1, 0.15) is 11.4 Å². The number of amides is 1. The number of aromatic nitrogens is 1. The lowest BCUT2D eigenvalue weighted by atomic mass is 10.1. The fourth-order valence-corrected chi connectivity index (χ4v) is 2.60. The highest BCUT2D eigenvalue weighted by atomic mass is 16.5. The van der Waals surface area contributed by atoms with Gasteiger partial charge in [0, 0.05) is 31.0 Å². The third-order valence-electron chi connectivity index (χ3n) is 3.96. The van der Waals surface area contributed by atoms with Crippen LogP contribution in [0.4, 0.5) is 0 Å². The van der Waals surface area contributed by atoms with Crippen molar-refractivity contribution in [3.05, 3.63) is 48.3 Å². The van der Waals surface area contributed by atoms with E-state index < -0.39 is 0 Å². The molecular formula is C18H20N2O3. The molecule has 0 spiro atoms. The third kappa shape index (κ3) is 3.87. The van der Waals surface area contributed by atoms with Crippen molar-refractivity contribution in [1.82, 2.24) is 10.3 Å². The van der Waals surface area contributed by atoms with E-state index in [4.69, 9.17) is 9.47 Å². The summed E-state index contributed by atoms with van der Waals surface area (Å²) in [6, 6.07) is 11.6. The normalized spacial score (nSPS) is 15.2. The number of benzene rings is 1. The number of carbonyl (C=O) groups excluding carboxylic acids is 1. The van der Waals surface area contributed by atoms with E-state index in [9.17, 15) is 4.79 Å². The van der Waals surface area contributed by atoms with Crippen LogP contribution >= 0.6 is 0 Å². The van der Waals surface area contributed by atoms with Crippen LogP contribution in [0.2, 0.25) is 0 Å². The Kier molecular flexibility index (Phi) is 4.88. The van der Waals surface area contributed by atoms with E-state index >= 15 is 0 Å². The second-order valence-corrected chi connectivity index (χ2v) is 5.52. The first kappa shape index (κ1) is 15.5.